The molecule has 0 unspecified atom stereocenters. The van der Waals surface area contributed by atoms with Crippen LogP contribution in [0.4, 0.5) is 5.69 Å². The molecule has 0 heterocycles. The lowest BCUT2D eigenvalue weighted by Gasteiger charge is -2.08. The molecule has 70 valence electrons. The van der Waals surface area contributed by atoms with Crippen molar-refractivity contribution in [3.05, 3.63) is 29.3 Å². The van der Waals surface area contributed by atoms with Crippen molar-refractivity contribution in [3.63, 3.8) is 0 Å². The first kappa shape index (κ1) is 10.2. The van der Waals surface area contributed by atoms with E-state index in [1.807, 2.05) is 25.1 Å². The van der Waals surface area contributed by atoms with Crippen LogP contribution >= 0.6 is 0 Å². The Bertz CT molecular complexity index is 394. The molecule has 0 bridgehead atoms. The summed E-state index contributed by atoms with van der Waals surface area (Å²) in [5.41, 5.74) is 2.67. The van der Waals surface area contributed by atoms with Gasteiger partial charge in [-0.2, -0.15) is 5.26 Å². The molecule has 0 radical (unpaired) electrons. The van der Waals surface area contributed by atoms with Crippen molar-refractivity contribution in [2.75, 3.05) is 11.9 Å². The minimum atomic E-state index is 0.691. The normalized spacial score (nSPS) is 8.79. The van der Waals surface area contributed by atoms with Crippen molar-refractivity contribution in [1.82, 2.24) is 0 Å². The van der Waals surface area contributed by atoms with E-state index in [1.165, 1.54) is 0 Å². The van der Waals surface area contributed by atoms with Crippen molar-refractivity contribution in [1.29, 1.82) is 5.26 Å². The lowest BCUT2D eigenvalue weighted by molar-refractivity contribution is 1.09. The summed E-state index contributed by atoms with van der Waals surface area (Å²) in [4.78, 5) is 0. The number of terminal acetylenes is 1. The molecule has 14 heavy (non-hydrogen) atoms. The molecule has 0 fully saturated rings. The second kappa shape index (κ2) is 4.94. The molecule has 1 rings (SSSR count). The largest absolute Gasteiger partial charge is 0.384 e. The van der Waals surface area contributed by atoms with Crippen LogP contribution in [0.15, 0.2) is 18.2 Å². The highest BCUT2D eigenvalue weighted by atomic mass is 14.9. The second-order valence-corrected chi connectivity index (χ2v) is 2.97. The van der Waals surface area contributed by atoms with Crippen molar-refractivity contribution < 1.29 is 0 Å². The monoisotopic (exact) mass is 184 g/mol. The summed E-state index contributed by atoms with van der Waals surface area (Å²) in [7, 11) is 0. The molecule has 0 aliphatic heterocycles. The Morgan fingerprint density at radius 2 is 2.29 bits per heavy atom. The number of benzene rings is 1. The molecule has 0 atom stereocenters. The van der Waals surface area contributed by atoms with E-state index in [9.17, 15) is 0 Å². The van der Waals surface area contributed by atoms with Crippen LogP contribution in [0.25, 0.3) is 0 Å². The molecule has 0 aliphatic carbocycles. The number of nitrogens with zero attached hydrogens (tertiary/aromatic N) is 1. The third kappa shape index (κ3) is 2.28. The smallest absolute Gasteiger partial charge is 0.0995 e. The van der Waals surface area contributed by atoms with Crippen LogP contribution < -0.4 is 5.32 Å². The quantitative estimate of drug-likeness (QED) is 0.578. The molecule has 0 spiro atoms. The Morgan fingerprint density at radius 1 is 1.50 bits per heavy atom. The van der Waals surface area contributed by atoms with Crippen molar-refractivity contribution in [3.8, 4) is 18.4 Å². The van der Waals surface area contributed by atoms with E-state index in [4.69, 9.17) is 11.7 Å². The molecule has 0 aliphatic rings. The van der Waals surface area contributed by atoms with Crippen molar-refractivity contribution in [2.24, 2.45) is 0 Å². The molecule has 1 N–H and O–H groups in total. The van der Waals surface area contributed by atoms with Gasteiger partial charge >= 0.3 is 0 Å². The van der Waals surface area contributed by atoms with Gasteiger partial charge in [0.1, 0.15) is 0 Å². The SMILES string of the molecule is C#CCCNc1cccc(C#N)c1C. The minimum absolute atomic E-state index is 0.691. The zero-order valence-corrected chi connectivity index (χ0v) is 8.17. The highest BCUT2D eigenvalue weighted by molar-refractivity contribution is 5.57. The number of hydrogen-bond donors (Lipinski definition) is 1. The number of nitriles is 1. The summed E-state index contributed by atoms with van der Waals surface area (Å²) in [6.45, 7) is 2.67. The Hall–Kier alpha value is -1.93. The number of rotatable bonds is 3. The van der Waals surface area contributed by atoms with Crippen LogP contribution in [0, 0.1) is 30.6 Å². The highest BCUT2D eigenvalue weighted by Gasteiger charge is 2.01. The molecule has 0 aromatic heterocycles. The van der Waals surface area contributed by atoms with Gasteiger partial charge < -0.3 is 5.32 Å². The standard InChI is InChI=1S/C12H12N2/c1-3-4-8-14-12-7-5-6-11(9-13)10(12)2/h1,5-7,14H,4,8H2,2H3. The van der Waals surface area contributed by atoms with Crippen LogP contribution in [0.2, 0.25) is 0 Å². The fourth-order valence-corrected chi connectivity index (χ4v) is 1.22. The zero-order chi connectivity index (χ0) is 10.4. The van der Waals surface area contributed by atoms with E-state index in [0.717, 1.165) is 17.8 Å². The third-order valence-electron chi connectivity index (χ3n) is 2.04. The van der Waals surface area contributed by atoms with Gasteiger partial charge in [0, 0.05) is 18.7 Å². The van der Waals surface area contributed by atoms with Crippen LogP contribution in [0.1, 0.15) is 17.5 Å². The molecule has 0 saturated heterocycles. The summed E-state index contributed by atoms with van der Waals surface area (Å²) in [5, 5.41) is 12.0. The lowest BCUT2D eigenvalue weighted by atomic mass is 10.1. The third-order valence-corrected chi connectivity index (χ3v) is 2.04. The van der Waals surface area contributed by atoms with Gasteiger partial charge in [-0.1, -0.05) is 6.07 Å². The zero-order valence-electron chi connectivity index (χ0n) is 8.17. The predicted molar refractivity (Wildman–Crippen MR) is 57.8 cm³/mol. The summed E-state index contributed by atoms with van der Waals surface area (Å²) in [6.07, 6.45) is 5.84. The minimum Gasteiger partial charge on any atom is -0.384 e. The van der Waals surface area contributed by atoms with Gasteiger partial charge in [-0.3, -0.25) is 0 Å². The van der Waals surface area contributed by atoms with Crippen molar-refractivity contribution >= 4 is 5.69 Å². The summed E-state index contributed by atoms with van der Waals surface area (Å²) in [5.74, 6) is 2.56. The van der Waals surface area contributed by atoms with Gasteiger partial charge in [-0.15, -0.1) is 12.3 Å². The van der Waals surface area contributed by atoms with E-state index in [1.54, 1.807) is 0 Å². The summed E-state index contributed by atoms with van der Waals surface area (Å²) < 4.78 is 0. The van der Waals surface area contributed by atoms with Crippen LogP contribution in [0.5, 0.6) is 0 Å². The van der Waals surface area contributed by atoms with Gasteiger partial charge in [0.25, 0.3) is 0 Å². The van der Waals surface area contributed by atoms with Crippen molar-refractivity contribution in [2.45, 2.75) is 13.3 Å². The number of hydrogen-bond acceptors (Lipinski definition) is 2. The fraction of sp³-hybridized carbons (Fsp3) is 0.250. The van der Waals surface area contributed by atoms with Gasteiger partial charge in [0.15, 0.2) is 0 Å². The molecule has 2 nitrogen and oxygen atoms in total. The Kier molecular flexibility index (Phi) is 3.58. The number of nitrogens with one attached hydrogen (secondary N) is 1. The average Bonchev–Trinajstić information content (AvgIpc) is 2.21. The van der Waals surface area contributed by atoms with E-state index in [-0.39, 0.29) is 0 Å². The van der Waals surface area contributed by atoms with E-state index >= 15 is 0 Å². The van der Waals surface area contributed by atoms with Crippen LogP contribution in [-0.2, 0) is 0 Å². The number of anilines is 1. The van der Waals surface area contributed by atoms with Gasteiger partial charge in [0.05, 0.1) is 11.6 Å². The maximum atomic E-state index is 8.80. The molecule has 1 aromatic rings. The maximum absolute atomic E-state index is 8.80. The molecule has 1 aromatic carbocycles. The molecule has 0 saturated carbocycles. The first-order valence-electron chi connectivity index (χ1n) is 4.46. The van der Waals surface area contributed by atoms with E-state index in [2.05, 4.69) is 17.3 Å². The summed E-state index contributed by atoms with van der Waals surface area (Å²) >= 11 is 0. The predicted octanol–water partition coefficient (Wildman–Crippen LogP) is 2.30. The molecule has 0 amide bonds. The Labute approximate surface area is 84.6 Å². The van der Waals surface area contributed by atoms with E-state index < -0.39 is 0 Å². The maximum Gasteiger partial charge on any atom is 0.0995 e. The topological polar surface area (TPSA) is 35.8 Å². The Morgan fingerprint density at radius 3 is 2.93 bits per heavy atom. The van der Waals surface area contributed by atoms with Gasteiger partial charge in [-0.25, -0.2) is 0 Å². The van der Waals surface area contributed by atoms with Gasteiger partial charge in [0.2, 0.25) is 0 Å². The molecule has 2 heteroatoms. The first-order chi connectivity index (χ1) is 6.79. The molecular weight excluding hydrogens is 172 g/mol. The summed E-state index contributed by atoms with van der Waals surface area (Å²) in [6, 6.07) is 7.77. The first-order valence-corrected chi connectivity index (χ1v) is 4.46. The molecular formula is C12H12N2. The average molecular weight is 184 g/mol. The van der Waals surface area contributed by atoms with Crippen LogP contribution in [0.3, 0.4) is 0 Å². The Balaban J connectivity index is 2.79. The van der Waals surface area contributed by atoms with Crippen LogP contribution in [-0.4, -0.2) is 6.54 Å². The second-order valence-electron chi connectivity index (χ2n) is 2.97. The highest BCUT2D eigenvalue weighted by Crippen LogP contribution is 2.17. The van der Waals surface area contributed by atoms with Gasteiger partial charge in [-0.05, 0) is 24.6 Å². The fourth-order valence-electron chi connectivity index (χ4n) is 1.22. The van der Waals surface area contributed by atoms with E-state index in [0.29, 0.717) is 12.0 Å². The lowest BCUT2D eigenvalue weighted by Crippen LogP contribution is -2.02.